The van der Waals surface area contributed by atoms with Crippen LogP contribution < -0.4 is 5.32 Å². The SMILES string of the molecule is CCc1cccc(C(CSc2ccccc2)NC)c1. The van der Waals surface area contributed by atoms with Crippen LogP contribution in [0, 0.1) is 0 Å². The maximum Gasteiger partial charge on any atom is 0.0413 e. The van der Waals surface area contributed by atoms with Crippen LogP contribution in [0.1, 0.15) is 24.1 Å². The van der Waals surface area contributed by atoms with E-state index in [1.165, 1.54) is 16.0 Å². The van der Waals surface area contributed by atoms with Gasteiger partial charge in [-0.25, -0.2) is 0 Å². The van der Waals surface area contributed by atoms with E-state index in [4.69, 9.17) is 0 Å². The topological polar surface area (TPSA) is 12.0 Å². The standard InChI is InChI=1S/C17H21NS/c1-3-14-8-7-9-15(12-14)17(18-2)13-19-16-10-5-4-6-11-16/h4-12,17-18H,3,13H2,1-2H3. The van der Waals surface area contributed by atoms with Crippen molar-refractivity contribution in [3.8, 4) is 0 Å². The third-order valence-corrected chi connectivity index (χ3v) is 4.38. The van der Waals surface area contributed by atoms with Gasteiger partial charge in [-0.2, -0.15) is 0 Å². The first-order valence-corrected chi connectivity index (χ1v) is 7.76. The van der Waals surface area contributed by atoms with Gasteiger partial charge in [0.25, 0.3) is 0 Å². The lowest BCUT2D eigenvalue weighted by Gasteiger charge is -2.17. The van der Waals surface area contributed by atoms with Gasteiger partial charge >= 0.3 is 0 Å². The molecular formula is C17H21NS. The third-order valence-electron chi connectivity index (χ3n) is 3.27. The molecule has 2 heteroatoms. The van der Waals surface area contributed by atoms with Crippen LogP contribution in [0.5, 0.6) is 0 Å². The van der Waals surface area contributed by atoms with Crippen molar-refractivity contribution in [1.82, 2.24) is 5.32 Å². The molecule has 0 saturated heterocycles. The molecule has 0 spiro atoms. The quantitative estimate of drug-likeness (QED) is 0.786. The molecule has 1 nitrogen and oxygen atoms in total. The lowest BCUT2D eigenvalue weighted by Crippen LogP contribution is -2.18. The molecule has 0 aliphatic heterocycles. The van der Waals surface area contributed by atoms with Crippen LogP contribution in [0.25, 0.3) is 0 Å². The van der Waals surface area contributed by atoms with Crippen molar-refractivity contribution in [2.24, 2.45) is 0 Å². The smallest absolute Gasteiger partial charge is 0.0413 e. The zero-order valence-corrected chi connectivity index (χ0v) is 12.4. The van der Waals surface area contributed by atoms with E-state index in [9.17, 15) is 0 Å². The summed E-state index contributed by atoms with van der Waals surface area (Å²) in [4.78, 5) is 1.33. The van der Waals surface area contributed by atoms with Crippen molar-refractivity contribution in [1.29, 1.82) is 0 Å². The Morgan fingerprint density at radius 2 is 1.84 bits per heavy atom. The Labute approximate surface area is 120 Å². The molecule has 0 saturated carbocycles. The number of thioether (sulfide) groups is 1. The van der Waals surface area contributed by atoms with Gasteiger partial charge in [0.1, 0.15) is 0 Å². The Morgan fingerprint density at radius 3 is 2.53 bits per heavy atom. The number of hydrogen-bond acceptors (Lipinski definition) is 2. The van der Waals surface area contributed by atoms with Crippen LogP contribution in [0.3, 0.4) is 0 Å². The third kappa shape index (κ3) is 4.12. The monoisotopic (exact) mass is 271 g/mol. The summed E-state index contributed by atoms with van der Waals surface area (Å²) >= 11 is 1.90. The van der Waals surface area contributed by atoms with E-state index in [2.05, 4.69) is 66.8 Å². The number of rotatable bonds is 6. The van der Waals surface area contributed by atoms with E-state index in [-0.39, 0.29) is 0 Å². The fourth-order valence-electron chi connectivity index (χ4n) is 2.07. The maximum absolute atomic E-state index is 3.42. The van der Waals surface area contributed by atoms with Crippen molar-refractivity contribution in [2.75, 3.05) is 12.8 Å². The minimum absolute atomic E-state index is 0.400. The molecule has 100 valence electrons. The normalized spacial score (nSPS) is 12.3. The van der Waals surface area contributed by atoms with Gasteiger partial charge in [0, 0.05) is 16.7 Å². The average Bonchev–Trinajstić information content (AvgIpc) is 2.49. The second-order valence-corrected chi connectivity index (χ2v) is 5.66. The number of aryl methyl sites for hydroxylation is 1. The molecule has 0 aliphatic carbocycles. The van der Waals surface area contributed by atoms with Crippen molar-refractivity contribution in [2.45, 2.75) is 24.3 Å². The molecule has 0 radical (unpaired) electrons. The van der Waals surface area contributed by atoms with Crippen LogP contribution in [0.2, 0.25) is 0 Å². The summed E-state index contributed by atoms with van der Waals surface area (Å²) in [6, 6.07) is 19.9. The Bertz CT molecular complexity index is 496. The minimum Gasteiger partial charge on any atom is -0.312 e. The molecule has 2 aromatic carbocycles. The van der Waals surface area contributed by atoms with E-state index >= 15 is 0 Å². The van der Waals surface area contributed by atoms with Crippen molar-refractivity contribution in [3.05, 3.63) is 65.7 Å². The highest BCUT2D eigenvalue weighted by atomic mass is 32.2. The first-order valence-electron chi connectivity index (χ1n) is 6.77. The highest BCUT2D eigenvalue weighted by Gasteiger charge is 2.09. The van der Waals surface area contributed by atoms with E-state index in [1.54, 1.807) is 0 Å². The molecule has 2 aromatic rings. The molecule has 19 heavy (non-hydrogen) atoms. The summed E-state index contributed by atoms with van der Waals surface area (Å²) in [6.07, 6.45) is 1.09. The second kappa shape index (κ2) is 7.37. The summed E-state index contributed by atoms with van der Waals surface area (Å²) in [6.45, 7) is 2.20. The van der Waals surface area contributed by atoms with E-state index in [0.717, 1.165) is 12.2 Å². The first kappa shape index (κ1) is 14.2. The van der Waals surface area contributed by atoms with Gasteiger partial charge in [-0.3, -0.25) is 0 Å². The molecule has 0 aromatic heterocycles. The molecular weight excluding hydrogens is 250 g/mol. The fourth-order valence-corrected chi connectivity index (χ4v) is 3.14. The predicted octanol–water partition coefficient (Wildman–Crippen LogP) is 4.30. The van der Waals surface area contributed by atoms with Crippen molar-refractivity contribution >= 4 is 11.8 Å². The average molecular weight is 271 g/mol. The number of hydrogen-bond donors (Lipinski definition) is 1. The first-order chi connectivity index (χ1) is 9.33. The molecule has 1 atom stereocenters. The number of benzene rings is 2. The van der Waals surface area contributed by atoms with E-state index < -0.39 is 0 Å². The van der Waals surface area contributed by atoms with Crippen LogP contribution >= 0.6 is 11.8 Å². The minimum atomic E-state index is 0.400. The molecule has 0 aliphatic rings. The molecule has 2 rings (SSSR count). The second-order valence-electron chi connectivity index (χ2n) is 4.56. The molecule has 1 unspecified atom stereocenters. The van der Waals surface area contributed by atoms with Gasteiger partial charge in [0.2, 0.25) is 0 Å². The lowest BCUT2D eigenvalue weighted by molar-refractivity contribution is 0.661. The highest BCUT2D eigenvalue weighted by Crippen LogP contribution is 2.24. The fraction of sp³-hybridized carbons (Fsp3) is 0.294. The Morgan fingerprint density at radius 1 is 1.05 bits per heavy atom. The van der Waals surface area contributed by atoms with Gasteiger partial charge in [0.15, 0.2) is 0 Å². The lowest BCUT2D eigenvalue weighted by atomic mass is 10.0. The van der Waals surface area contributed by atoms with Crippen LogP contribution in [0.15, 0.2) is 59.5 Å². The maximum atomic E-state index is 3.42. The van der Waals surface area contributed by atoms with E-state index in [0.29, 0.717) is 6.04 Å². The van der Waals surface area contributed by atoms with Gasteiger partial charge in [0.05, 0.1) is 0 Å². The van der Waals surface area contributed by atoms with Crippen molar-refractivity contribution < 1.29 is 0 Å². The summed E-state index contributed by atoms with van der Waals surface area (Å²) in [5, 5.41) is 3.42. The largest absolute Gasteiger partial charge is 0.312 e. The molecule has 0 amide bonds. The summed E-state index contributed by atoms with van der Waals surface area (Å²) in [5.74, 6) is 1.05. The molecule has 0 heterocycles. The van der Waals surface area contributed by atoms with Crippen LogP contribution in [-0.2, 0) is 6.42 Å². The van der Waals surface area contributed by atoms with Crippen LogP contribution in [-0.4, -0.2) is 12.8 Å². The zero-order valence-electron chi connectivity index (χ0n) is 11.6. The summed E-state index contributed by atoms with van der Waals surface area (Å²) < 4.78 is 0. The predicted molar refractivity (Wildman–Crippen MR) is 84.8 cm³/mol. The Balaban J connectivity index is 2.03. The van der Waals surface area contributed by atoms with E-state index in [1.807, 2.05) is 18.8 Å². The number of nitrogens with one attached hydrogen (secondary N) is 1. The summed E-state index contributed by atoms with van der Waals surface area (Å²) in [5.41, 5.74) is 2.78. The van der Waals surface area contributed by atoms with Gasteiger partial charge in [-0.1, -0.05) is 49.4 Å². The Kier molecular flexibility index (Phi) is 5.49. The van der Waals surface area contributed by atoms with Gasteiger partial charge < -0.3 is 5.32 Å². The molecule has 1 N–H and O–H groups in total. The highest BCUT2D eigenvalue weighted by molar-refractivity contribution is 7.99. The zero-order chi connectivity index (χ0) is 13.5. The summed E-state index contributed by atoms with van der Waals surface area (Å²) in [7, 11) is 2.04. The Hall–Kier alpha value is -1.25. The van der Waals surface area contributed by atoms with Gasteiger partial charge in [-0.15, -0.1) is 11.8 Å². The molecule has 0 fully saturated rings. The van der Waals surface area contributed by atoms with Gasteiger partial charge in [-0.05, 0) is 36.7 Å². The van der Waals surface area contributed by atoms with Crippen LogP contribution in [0.4, 0.5) is 0 Å². The molecule has 0 bridgehead atoms. The van der Waals surface area contributed by atoms with Crippen molar-refractivity contribution in [3.63, 3.8) is 0 Å².